The van der Waals surface area contributed by atoms with Crippen molar-refractivity contribution in [3.63, 3.8) is 0 Å². The van der Waals surface area contributed by atoms with Crippen LogP contribution in [0.2, 0.25) is 0 Å². The summed E-state index contributed by atoms with van der Waals surface area (Å²) in [5.41, 5.74) is 2.93. The van der Waals surface area contributed by atoms with Crippen LogP contribution in [0.5, 0.6) is 0 Å². The molecule has 0 saturated carbocycles. The lowest BCUT2D eigenvalue weighted by Crippen LogP contribution is -2.21. The van der Waals surface area contributed by atoms with E-state index in [1.54, 1.807) is 0 Å². The SMILES string of the molecule is CCn1ncc(CCNC)c1C(C)(C)C. The van der Waals surface area contributed by atoms with Crippen molar-refractivity contribution in [3.05, 3.63) is 17.5 Å². The number of aromatic nitrogens is 2. The summed E-state index contributed by atoms with van der Waals surface area (Å²) >= 11 is 0. The third kappa shape index (κ3) is 2.81. The number of hydrogen-bond acceptors (Lipinski definition) is 2. The van der Waals surface area contributed by atoms with Gasteiger partial charge in [-0.3, -0.25) is 4.68 Å². The van der Waals surface area contributed by atoms with E-state index in [4.69, 9.17) is 0 Å². The zero-order valence-corrected chi connectivity index (χ0v) is 10.6. The van der Waals surface area contributed by atoms with E-state index in [2.05, 4.69) is 42.8 Å². The zero-order chi connectivity index (χ0) is 11.5. The maximum absolute atomic E-state index is 4.44. The number of hydrogen-bond donors (Lipinski definition) is 1. The highest BCUT2D eigenvalue weighted by atomic mass is 15.3. The molecule has 86 valence electrons. The van der Waals surface area contributed by atoms with Gasteiger partial charge in [0.05, 0.1) is 6.20 Å². The molecule has 1 aromatic rings. The van der Waals surface area contributed by atoms with Crippen LogP contribution in [-0.4, -0.2) is 23.4 Å². The van der Waals surface area contributed by atoms with Gasteiger partial charge in [0.1, 0.15) is 0 Å². The van der Waals surface area contributed by atoms with Crippen LogP contribution in [0.4, 0.5) is 0 Å². The predicted octanol–water partition coefficient (Wildman–Crippen LogP) is 1.96. The van der Waals surface area contributed by atoms with E-state index in [0.29, 0.717) is 0 Å². The van der Waals surface area contributed by atoms with Crippen LogP contribution in [0.1, 0.15) is 39.0 Å². The minimum atomic E-state index is 0.176. The molecule has 0 fully saturated rings. The van der Waals surface area contributed by atoms with E-state index in [1.807, 2.05) is 13.2 Å². The van der Waals surface area contributed by atoms with E-state index in [-0.39, 0.29) is 5.41 Å². The van der Waals surface area contributed by atoms with Crippen molar-refractivity contribution in [3.8, 4) is 0 Å². The number of rotatable bonds is 4. The standard InChI is InChI=1S/C12H23N3/c1-6-15-11(12(2,3)4)10(9-14-15)7-8-13-5/h9,13H,6-8H2,1-5H3. The van der Waals surface area contributed by atoms with E-state index in [1.165, 1.54) is 11.3 Å². The Labute approximate surface area is 92.9 Å². The first kappa shape index (κ1) is 12.2. The molecule has 3 heteroatoms. The topological polar surface area (TPSA) is 29.9 Å². The fourth-order valence-corrected chi connectivity index (χ4v) is 1.98. The average Bonchev–Trinajstić information content (AvgIpc) is 2.56. The van der Waals surface area contributed by atoms with E-state index < -0.39 is 0 Å². The lowest BCUT2D eigenvalue weighted by atomic mass is 9.88. The largest absolute Gasteiger partial charge is 0.319 e. The van der Waals surface area contributed by atoms with Gasteiger partial charge in [0.15, 0.2) is 0 Å². The minimum absolute atomic E-state index is 0.176. The van der Waals surface area contributed by atoms with Crippen molar-refractivity contribution < 1.29 is 0 Å². The normalized spacial score (nSPS) is 12.1. The van der Waals surface area contributed by atoms with Crippen LogP contribution in [0.25, 0.3) is 0 Å². The molecule has 0 saturated heterocycles. The molecule has 0 radical (unpaired) electrons. The molecule has 0 aliphatic carbocycles. The van der Waals surface area contributed by atoms with Gasteiger partial charge in [0.2, 0.25) is 0 Å². The zero-order valence-electron chi connectivity index (χ0n) is 10.6. The van der Waals surface area contributed by atoms with Crippen molar-refractivity contribution in [2.24, 2.45) is 0 Å². The molecule has 0 aliphatic rings. The van der Waals surface area contributed by atoms with Gasteiger partial charge in [0, 0.05) is 17.7 Å². The quantitative estimate of drug-likeness (QED) is 0.821. The molecule has 1 heterocycles. The molecule has 1 N–H and O–H groups in total. The summed E-state index contributed by atoms with van der Waals surface area (Å²) < 4.78 is 2.12. The molecule has 3 nitrogen and oxygen atoms in total. The summed E-state index contributed by atoms with van der Waals surface area (Å²) in [6.45, 7) is 10.9. The second-order valence-electron chi connectivity index (χ2n) is 4.94. The predicted molar refractivity (Wildman–Crippen MR) is 64.2 cm³/mol. The Morgan fingerprint density at radius 1 is 1.40 bits per heavy atom. The van der Waals surface area contributed by atoms with E-state index in [9.17, 15) is 0 Å². The first-order valence-electron chi connectivity index (χ1n) is 5.70. The summed E-state index contributed by atoms with van der Waals surface area (Å²) in [5, 5.41) is 7.63. The first-order valence-corrected chi connectivity index (χ1v) is 5.70. The number of likely N-dealkylation sites (N-methyl/N-ethyl adjacent to an activating group) is 1. The summed E-state index contributed by atoms with van der Waals surface area (Å²) in [6.07, 6.45) is 3.07. The molecule has 1 aromatic heterocycles. The Bertz CT molecular complexity index is 307. The molecule has 0 spiro atoms. The number of aryl methyl sites for hydroxylation is 1. The van der Waals surface area contributed by atoms with Crippen molar-refractivity contribution in [2.45, 2.75) is 46.1 Å². The van der Waals surface area contributed by atoms with Gasteiger partial charge >= 0.3 is 0 Å². The highest BCUT2D eigenvalue weighted by Crippen LogP contribution is 2.26. The van der Waals surface area contributed by atoms with Gasteiger partial charge in [-0.15, -0.1) is 0 Å². The molecular formula is C12H23N3. The van der Waals surface area contributed by atoms with Crippen molar-refractivity contribution in [1.29, 1.82) is 0 Å². The lowest BCUT2D eigenvalue weighted by molar-refractivity contribution is 0.493. The minimum Gasteiger partial charge on any atom is -0.319 e. The average molecular weight is 209 g/mol. The Kier molecular flexibility index (Phi) is 3.91. The van der Waals surface area contributed by atoms with Crippen LogP contribution in [0.15, 0.2) is 6.20 Å². The maximum Gasteiger partial charge on any atom is 0.0525 e. The second kappa shape index (κ2) is 4.79. The van der Waals surface area contributed by atoms with E-state index >= 15 is 0 Å². The first-order chi connectivity index (χ1) is 7.00. The molecule has 0 aliphatic heterocycles. The van der Waals surface area contributed by atoms with Crippen molar-refractivity contribution in [1.82, 2.24) is 15.1 Å². The Morgan fingerprint density at radius 2 is 2.07 bits per heavy atom. The molecule has 0 bridgehead atoms. The summed E-state index contributed by atoms with van der Waals surface area (Å²) in [4.78, 5) is 0. The van der Waals surface area contributed by atoms with Gasteiger partial charge < -0.3 is 5.32 Å². The fourth-order valence-electron chi connectivity index (χ4n) is 1.98. The smallest absolute Gasteiger partial charge is 0.0525 e. The van der Waals surface area contributed by atoms with Gasteiger partial charge in [0.25, 0.3) is 0 Å². The van der Waals surface area contributed by atoms with Gasteiger partial charge in [-0.25, -0.2) is 0 Å². The van der Waals surface area contributed by atoms with Gasteiger partial charge in [-0.1, -0.05) is 20.8 Å². The van der Waals surface area contributed by atoms with Crippen molar-refractivity contribution in [2.75, 3.05) is 13.6 Å². The maximum atomic E-state index is 4.44. The highest BCUT2D eigenvalue weighted by Gasteiger charge is 2.22. The van der Waals surface area contributed by atoms with Crippen LogP contribution >= 0.6 is 0 Å². The molecular weight excluding hydrogens is 186 g/mol. The summed E-state index contributed by atoms with van der Waals surface area (Å²) in [7, 11) is 1.99. The highest BCUT2D eigenvalue weighted by molar-refractivity contribution is 5.25. The second-order valence-corrected chi connectivity index (χ2v) is 4.94. The van der Waals surface area contributed by atoms with Crippen LogP contribution < -0.4 is 5.32 Å². The van der Waals surface area contributed by atoms with Crippen LogP contribution in [0.3, 0.4) is 0 Å². The van der Waals surface area contributed by atoms with Crippen molar-refractivity contribution >= 4 is 0 Å². The molecule has 15 heavy (non-hydrogen) atoms. The van der Waals surface area contributed by atoms with E-state index in [0.717, 1.165) is 19.5 Å². The van der Waals surface area contributed by atoms with Gasteiger partial charge in [-0.05, 0) is 32.5 Å². The lowest BCUT2D eigenvalue weighted by Gasteiger charge is -2.22. The van der Waals surface area contributed by atoms with Crippen LogP contribution in [-0.2, 0) is 18.4 Å². The monoisotopic (exact) mass is 209 g/mol. The van der Waals surface area contributed by atoms with Crippen LogP contribution in [0, 0.1) is 0 Å². The fraction of sp³-hybridized carbons (Fsp3) is 0.750. The molecule has 0 atom stereocenters. The summed E-state index contributed by atoms with van der Waals surface area (Å²) in [5.74, 6) is 0. The molecule has 0 amide bonds. The molecule has 0 unspecified atom stereocenters. The third-order valence-corrected chi connectivity index (χ3v) is 2.57. The Hall–Kier alpha value is -0.830. The Morgan fingerprint density at radius 3 is 2.53 bits per heavy atom. The summed E-state index contributed by atoms with van der Waals surface area (Å²) in [6, 6.07) is 0. The number of nitrogens with one attached hydrogen (secondary N) is 1. The number of nitrogens with zero attached hydrogens (tertiary/aromatic N) is 2. The van der Waals surface area contributed by atoms with Gasteiger partial charge in [-0.2, -0.15) is 5.10 Å². The molecule has 1 rings (SSSR count). The molecule has 0 aromatic carbocycles. The third-order valence-electron chi connectivity index (χ3n) is 2.57. The Balaban J connectivity index is 3.01.